The lowest BCUT2D eigenvalue weighted by Crippen LogP contribution is -2.61. The SMILES string of the molecule is CCCCCN(CCCCC)C(=O)N1CCN(C(=O)N(c2ccccc2)c2ccccc2)[C@@H](CCNCCCc2ccccc2)C1. The molecule has 4 amide bonds. The van der Waals surface area contributed by atoms with Crippen molar-refractivity contribution in [2.45, 2.75) is 77.7 Å². The number of piperazine rings is 1. The highest BCUT2D eigenvalue weighted by Gasteiger charge is 2.36. The van der Waals surface area contributed by atoms with Gasteiger partial charge in [-0.15, -0.1) is 0 Å². The Morgan fingerprint density at radius 2 is 1.26 bits per heavy atom. The first-order valence-electron chi connectivity index (χ1n) is 17.6. The molecule has 1 atom stereocenters. The Kier molecular flexibility index (Phi) is 14.9. The van der Waals surface area contributed by atoms with Crippen LogP contribution in [0, 0.1) is 0 Å². The zero-order chi connectivity index (χ0) is 32.4. The zero-order valence-corrected chi connectivity index (χ0v) is 28.2. The summed E-state index contributed by atoms with van der Waals surface area (Å²) < 4.78 is 0. The van der Waals surface area contributed by atoms with Crippen molar-refractivity contribution in [2.75, 3.05) is 50.7 Å². The molecule has 0 bridgehead atoms. The van der Waals surface area contributed by atoms with E-state index in [9.17, 15) is 9.59 Å². The number of hydrogen-bond acceptors (Lipinski definition) is 3. The first kappa shape index (κ1) is 35.0. The van der Waals surface area contributed by atoms with Gasteiger partial charge in [-0.1, -0.05) is 106 Å². The lowest BCUT2D eigenvalue weighted by Gasteiger charge is -2.44. The number of para-hydroxylation sites is 2. The van der Waals surface area contributed by atoms with Crippen LogP contribution >= 0.6 is 0 Å². The molecule has 0 aliphatic carbocycles. The van der Waals surface area contributed by atoms with E-state index in [4.69, 9.17) is 0 Å². The minimum atomic E-state index is -0.0881. The molecular weight excluding hydrogens is 570 g/mol. The fourth-order valence-corrected chi connectivity index (χ4v) is 6.24. The molecule has 46 heavy (non-hydrogen) atoms. The third-order valence-corrected chi connectivity index (χ3v) is 8.87. The number of nitrogens with one attached hydrogen (secondary N) is 1. The van der Waals surface area contributed by atoms with Gasteiger partial charge < -0.3 is 20.0 Å². The number of unbranched alkanes of at least 4 members (excludes halogenated alkanes) is 4. The molecule has 1 heterocycles. The molecule has 4 rings (SSSR count). The maximum Gasteiger partial charge on any atom is 0.329 e. The highest BCUT2D eigenvalue weighted by Crippen LogP contribution is 2.28. The fraction of sp³-hybridized carbons (Fsp3) is 0.487. The molecule has 1 aliphatic rings. The van der Waals surface area contributed by atoms with Gasteiger partial charge in [-0.3, -0.25) is 4.90 Å². The summed E-state index contributed by atoms with van der Waals surface area (Å²) in [5.74, 6) is 0. The molecule has 0 saturated carbocycles. The molecule has 3 aromatic rings. The molecule has 1 saturated heterocycles. The molecule has 0 aromatic heterocycles. The van der Waals surface area contributed by atoms with Gasteiger partial charge in [0.15, 0.2) is 0 Å². The average Bonchev–Trinajstić information content (AvgIpc) is 3.10. The molecule has 0 spiro atoms. The van der Waals surface area contributed by atoms with E-state index in [0.717, 1.165) is 95.3 Å². The van der Waals surface area contributed by atoms with Crippen molar-refractivity contribution in [2.24, 2.45) is 0 Å². The van der Waals surface area contributed by atoms with Crippen LogP contribution in [0.4, 0.5) is 21.0 Å². The van der Waals surface area contributed by atoms with Gasteiger partial charge in [-0.2, -0.15) is 0 Å². The number of anilines is 2. The first-order valence-corrected chi connectivity index (χ1v) is 17.6. The van der Waals surface area contributed by atoms with Gasteiger partial charge >= 0.3 is 12.1 Å². The Hall–Kier alpha value is -3.84. The molecule has 1 aliphatic heterocycles. The average molecular weight is 626 g/mol. The quantitative estimate of drug-likeness (QED) is 0.153. The maximum atomic E-state index is 14.5. The van der Waals surface area contributed by atoms with Gasteiger partial charge in [0.1, 0.15) is 0 Å². The normalized spacial score (nSPS) is 14.7. The van der Waals surface area contributed by atoms with Crippen LogP contribution in [0.2, 0.25) is 0 Å². The number of urea groups is 2. The number of aryl methyl sites for hydroxylation is 1. The van der Waals surface area contributed by atoms with Crippen molar-refractivity contribution in [3.8, 4) is 0 Å². The van der Waals surface area contributed by atoms with Crippen LogP contribution < -0.4 is 10.2 Å². The standard InChI is InChI=1S/C39H55N5O2/c1-3-5-16-29-41(30-17-6-4-2)38(45)42-31-32-43(37(33-42)26-28-40-27-18-21-34-19-10-7-11-20-34)39(46)44(35-22-12-8-13-23-35)36-24-14-9-15-25-36/h7-15,19-20,22-25,37,40H,3-6,16-18,21,26-33H2,1-2H3/t37-/m0/s1. The second-order valence-corrected chi connectivity index (χ2v) is 12.4. The van der Waals surface area contributed by atoms with Crippen LogP contribution in [-0.4, -0.2) is 78.6 Å². The third kappa shape index (κ3) is 10.6. The van der Waals surface area contributed by atoms with Crippen LogP contribution in [0.5, 0.6) is 0 Å². The Morgan fingerprint density at radius 3 is 1.83 bits per heavy atom. The number of rotatable bonds is 17. The lowest BCUT2D eigenvalue weighted by molar-refractivity contribution is 0.0880. The number of amides is 4. The minimum absolute atomic E-state index is 0.0404. The Labute approximate surface area is 277 Å². The predicted molar refractivity (Wildman–Crippen MR) is 191 cm³/mol. The van der Waals surface area contributed by atoms with E-state index in [1.165, 1.54) is 5.56 Å². The lowest BCUT2D eigenvalue weighted by atomic mass is 10.1. The number of carbonyl (C=O) groups excluding carboxylic acids is 2. The smallest absolute Gasteiger partial charge is 0.325 e. The minimum Gasteiger partial charge on any atom is -0.325 e. The summed E-state index contributed by atoms with van der Waals surface area (Å²) in [5.41, 5.74) is 3.04. The maximum absolute atomic E-state index is 14.5. The first-order chi connectivity index (χ1) is 22.6. The van der Waals surface area contributed by atoms with Crippen molar-refractivity contribution in [1.82, 2.24) is 20.0 Å². The second-order valence-electron chi connectivity index (χ2n) is 12.4. The molecule has 3 aromatic carbocycles. The van der Waals surface area contributed by atoms with Gasteiger partial charge in [-0.25, -0.2) is 9.59 Å². The van der Waals surface area contributed by atoms with E-state index >= 15 is 0 Å². The molecule has 248 valence electrons. The van der Waals surface area contributed by atoms with Crippen LogP contribution in [0.3, 0.4) is 0 Å². The van der Waals surface area contributed by atoms with Crippen molar-refractivity contribution < 1.29 is 9.59 Å². The predicted octanol–water partition coefficient (Wildman–Crippen LogP) is 8.35. The number of hydrogen-bond donors (Lipinski definition) is 1. The Bertz CT molecular complexity index is 1220. The summed E-state index contributed by atoms with van der Waals surface area (Å²) in [6.45, 7) is 9.32. The van der Waals surface area contributed by atoms with Gasteiger partial charge in [0.2, 0.25) is 0 Å². The summed E-state index contributed by atoms with van der Waals surface area (Å²) in [7, 11) is 0. The third-order valence-electron chi connectivity index (χ3n) is 8.87. The molecule has 1 fully saturated rings. The topological polar surface area (TPSA) is 59.1 Å². The molecule has 0 radical (unpaired) electrons. The van der Waals surface area contributed by atoms with E-state index in [1.54, 1.807) is 0 Å². The van der Waals surface area contributed by atoms with Crippen molar-refractivity contribution in [3.05, 3.63) is 96.6 Å². The fourth-order valence-electron chi connectivity index (χ4n) is 6.24. The van der Waals surface area contributed by atoms with E-state index in [-0.39, 0.29) is 18.1 Å². The molecule has 0 unspecified atom stereocenters. The van der Waals surface area contributed by atoms with Gasteiger partial charge in [-0.05, 0) is 75.0 Å². The summed E-state index contributed by atoms with van der Waals surface area (Å²) >= 11 is 0. The Balaban J connectivity index is 1.48. The van der Waals surface area contributed by atoms with E-state index in [0.29, 0.717) is 19.6 Å². The largest absolute Gasteiger partial charge is 0.329 e. The molecule has 1 N–H and O–H groups in total. The van der Waals surface area contributed by atoms with E-state index in [2.05, 4.69) is 54.4 Å². The summed E-state index contributed by atoms with van der Waals surface area (Å²) in [5, 5.41) is 3.63. The van der Waals surface area contributed by atoms with Crippen molar-refractivity contribution >= 4 is 23.4 Å². The Morgan fingerprint density at radius 1 is 0.696 bits per heavy atom. The van der Waals surface area contributed by atoms with Crippen LogP contribution in [0.25, 0.3) is 0 Å². The second kappa shape index (κ2) is 19.6. The van der Waals surface area contributed by atoms with Gasteiger partial charge in [0.25, 0.3) is 0 Å². The highest BCUT2D eigenvalue weighted by atomic mass is 16.2. The van der Waals surface area contributed by atoms with Crippen LogP contribution in [0.15, 0.2) is 91.0 Å². The number of carbonyl (C=O) groups is 2. The summed E-state index contributed by atoms with van der Waals surface area (Å²) in [4.78, 5) is 36.3. The zero-order valence-electron chi connectivity index (χ0n) is 28.2. The summed E-state index contributed by atoms with van der Waals surface area (Å²) in [6.07, 6.45) is 9.49. The monoisotopic (exact) mass is 625 g/mol. The molecule has 7 heteroatoms. The number of nitrogens with zero attached hydrogens (tertiary/aromatic N) is 4. The van der Waals surface area contributed by atoms with E-state index < -0.39 is 0 Å². The highest BCUT2D eigenvalue weighted by molar-refractivity contribution is 5.99. The number of benzene rings is 3. The van der Waals surface area contributed by atoms with Crippen molar-refractivity contribution in [3.63, 3.8) is 0 Å². The van der Waals surface area contributed by atoms with Crippen molar-refractivity contribution in [1.29, 1.82) is 0 Å². The molecule has 7 nitrogen and oxygen atoms in total. The van der Waals surface area contributed by atoms with Gasteiger partial charge in [0.05, 0.1) is 17.4 Å². The van der Waals surface area contributed by atoms with Crippen LogP contribution in [0.1, 0.15) is 70.8 Å². The molecular formula is C39H55N5O2. The van der Waals surface area contributed by atoms with Crippen LogP contribution in [-0.2, 0) is 6.42 Å². The van der Waals surface area contributed by atoms with E-state index in [1.807, 2.05) is 75.4 Å². The van der Waals surface area contributed by atoms with Gasteiger partial charge in [0, 0.05) is 32.7 Å². The summed E-state index contributed by atoms with van der Waals surface area (Å²) in [6, 6.07) is 30.4.